The van der Waals surface area contributed by atoms with Gasteiger partial charge in [-0.2, -0.15) is 0 Å². The molecule has 0 aliphatic carbocycles. The Balaban J connectivity index is 0. The van der Waals surface area contributed by atoms with Gasteiger partial charge in [0.2, 0.25) is 0 Å². The Kier molecular flexibility index (Phi) is 11.9. The summed E-state index contributed by atoms with van der Waals surface area (Å²) in [5.74, 6) is -0.849. The van der Waals surface area contributed by atoms with Gasteiger partial charge < -0.3 is 16.2 Å². The first-order chi connectivity index (χ1) is 3.77. The molecular weight excluding hydrogens is 148 g/mol. The molecule has 4 nitrogen and oxygen atoms in total. The second-order valence-electron chi connectivity index (χ2n) is 1.36. The van der Waals surface area contributed by atoms with Crippen LogP contribution in [-0.4, -0.2) is 68.4 Å². The van der Waals surface area contributed by atoms with E-state index in [9.17, 15) is 4.79 Å². The Morgan fingerprint density at radius 1 is 1.67 bits per heavy atom. The molecule has 9 heavy (non-hydrogen) atoms. The van der Waals surface area contributed by atoms with Crippen molar-refractivity contribution >= 4 is 43.7 Å². The third-order valence-electron chi connectivity index (χ3n) is 0.597. The second-order valence-corrected chi connectivity index (χ2v) is 1.36. The van der Waals surface area contributed by atoms with Crippen molar-refractivity contribution in [1.82, 2.24) is 5.32 Å². The van der Waals surface area contributed by atoms with E-state index in [1.165, 1.54) is 0 Å². The van der Waals surface area contributed by atoms with Crippen LogP contribution in [0, 0.1) is 0 Å². The van der Waals surface area contributed by atoms with Gasteiger partial charge in [-0.15, -0.1) is 0 Å². The fourth-order valence-corrected chi connectivity index (χ4v) is 0.297. The van der Waals surface area contributed by atoms with Crippen LogP contribution in [0.2, 0.25) is 0 Å². The molecule has 52 valence electrons. The average Bonchev–Trinajstić information content (AvgIpc) is 1.66. The molecule has 0 aliphatic rings. The van der Waals surface area contributed by atoms with Crippen molar-refractivity contribution in [2.45, 2.75) is 0 Å². The summed E-state index contributed by atoms with van der Waals surface area (Å²) in [6.45, 7) is 1.04. The first-order valence-corrected chi connectivity index (χ1v) is 2.40. The van der Waals surface area contributed by atoms with Crippen LogP contribution in [0.15, 0.2) is 0 Å². The number of carbonyl (C=O) groups is 1. The topological polar surface area (TPSA) is 75.3 Å². The van der Waals surface area contributed by atoms with Gasteiger partial charge >= 0.3 is 43.7 Å². The third kappa shape index (κ3) is 12.0. The molecule has 4 N–H and O–H groups in total. The molecule has 0 aromatic heterocycles. The summed E-state index contributed by atoms with van der Waals surface area (Å²) in [4.78, 5) is 9.77. The van der Waals surface area contributed by atoms with Gasteiger partial charge in [0.1, 0.15) is 0 Å². The summed E-state index contributed by atoms with van der Waals surface area (Å²) < 4.78 is 0. The van der Waals surface area contributed by atoms with Gasteiger partial charge in [0.15, 0.2) is 0 Å². The maximum absolute atomic E-state index is 9.77. The molecule has 0 aromatic carbocycles. The van der Waals surface area contributed by atoms with Gasteiger partial charge in [0.25, 0.3) is 0 Å². The van der Waals surface area contributed by atoms with Crippen LogP contribution in [0.4, 0.5) is 0 Å². The molecule has 0 aliphatic heterocycles. The van der Waals surface area contributed by atoms with E-state index in [4.69, 9.17) is 10.8 Å². The van der Waals surface area contributed by atoms with Gasteiger partial charge in [-0.25, -0.2) is 0 Å². The molecule has 0 heterocycles. The van der Waals surface area contributed by atoms with E-state index in [0.29, 0.717) is 13.1 Å². The molecule has 5 heteroatoms. The average molecular weight is 160 g/mol. The van der Waals surface area contributed by atoms with Crippen LogP contribution < -0.4 is 11.1 Å². The zero-order chi connectivity index (χ0) is 6.41. The third-order valence-corrected chi connectivity index (χ3v) is 0.597. The zero-order valence-electron chi connectivity index (χ0n) is 4.55. The fourth-order valence-electron chi connectivity index (χ4n) is 0.297. The molecule has 0 bridgehead atoms. The molecule has 0 spiro atoms. The quantitative estimate of drug-likeness (QED) is 0.319. The van der Waals surface area contributed by atoms with Crippen molar-refractivity contribution in [3.05, 3.63) is 0 Å². The molecule has 0 saturated heterocycles. The number of nitrogens with two attached hydrogens (primary N) is 1. The van der Waals surface area contributed by atoms with Crippen LogP contribution in [0.25, 0.3) is 0 Å². The van der Waals surface area contributed by atoms with Gasteiger partial charge in [0.05, 0.1) is 6.54 Å². The Labute approximate surface area is 83.8 Å². The first kappa shape index (κ1) is 12.3. The summed E-state index contributed by atoms with van der Waals surface area (Å²) in [6.07, 6.45) is 0. The molecule has 0 aromatic rings. The van der Waals surface area contributed by atoms with Gasteiger partial charge in [-0.05, 0) is 0 Å². The minimum absolute atomic E-state index is 0. The summed E-state index contributed by atoms with van der Waals surface area (Å²) in [5.41, 5.74) is 5.06. The number of rotatable bonds is 4. The van der Waals surface area contributed by atoms with Crippen molar-refractivity contribution in [2.75, 3.05) is 19.6 Å². The fraction of sp³-hybridized carbons (Fsp3) is 0.750. The number of nitrogens with one attached hydrogen (secondary N) is 1. The Hall–Kier alpha value is 0.650. The molecular formula is C4H12CaN2O2. The van der Waals surface area contributed by atoms with Crippen LogP contribution >= 0.6 is 0 Å². The van der Waals surface area contributed by atoms with Crippen LogP contribution in [0.3, 0.4) is 0 Å². The Morgan fingerprint density at radius 3 is 2.56 bits per heavy atom. The summed E-state index contributed by atoms with van der Waals surface area (Å²) in [7, 11) is 0. The van der Waals surface area contributed by atoms with Crippen LogP contribution in [-0.2, 0) is 4.79 Å². The molecule has 0 rings (SSSR count). The van der Waals surface area contributed by atoms with E-state index >= 15 is 0 Å². The molecule has 0 radical (unpaired) electrons. The van der Waals surface area contributed by atoms with Crippen molar-refractivity contribution in [1.29, 1.82) is 0 Å². The summed E-state index contributed by atoms with van der Waals surface area (Å²) >= 11 is 0. The Bertz CT molecular complexity index is 79.0. The van der Waals surface area contributed by atoms with E-state index in [0.717, 1.165) is 0 Å². The number of aliphatic carboxylic acids is 1. The normalized spacial score (nSPS) is 8.11. The minimum atomic E-state index is -0.849. The van der Waals surface area contributed by atoms with E-state index in [1.54, 1.807) is 0 Å². The summed E-state index contributed by atoms with van der Waals surface area (Å²) in [5, 5.41) is 10.6. The number of hydrogen-bond donors (Lipinski definition) is 3. The van der Waals surface area contributed by atoms with E-state index < -0.39 is 5.97 Å². The summed E-state index contributed by atoms with van der Waals surface area (Å²) in [6, 6.07) is 0. The molecule has 0 atom stereocenters. The standard InChI is InChI=1S/C4H10N2O2.Ca.2H/c5-1-2-6-3-4(7)8;;;/h6H,1-3,5H2,(H,7,8);;;. The predicted octanol–water partition coefficient (Wildman–Crippen LogP) is -2.30. The van der Waals surface area contributed by atoms with Gasteiger partial charge in [-0.1, -0.05) is 0 Å². The SMILES string of the molecule is NCCNCC(=O)O.[CaH2]. The second kappa shape index (κ2) is 8.65. The van der Waals surface area contributed by atoms with Gasteiger partial charge in [0, 0.05) is 13.1 Å². The first-order valence-electron chi connectivity index (χ1n) is 2.40. The van der Waals surface area contributed by atoms with E-state index in [2.05, 4.69) is 5.32 Å². The molecule has 0 amide bonds. The number of hydrogen-bond acceptors (Lipinski definition) is 3. The molecule has 0 unspecified atom stereocenters. The molecule has 0 saturated carbocycles. The van der Waals surface area contributed by atoms with Crippen molar-refractivity contribution in [3.8, 4) is 0 Å². The van der Waals surface area contributed by atoms with Crippen molar-refractivity contribution in [3.63, 3.8) is 0 Å². The molecule has 0 fully saturated rings. The van der Waals surface area contributed by atoms with Crippen molar-refractivity contribution in [2.24, 2.45) is 5.73 Å². The van der Waals surface area contributed by atoms with Crippen LogP contribution in [0.5, 0.6) is 0 Å². The zero-order valence-corrected chi connectivity index (χ0v) is 4.55. The van der Waals surface area contributed by atoms with Crippen molar-refractivity contribution < 1.29 is 9.90 Å². The number of carboxylic acid groups (broad SMARTS) is 1. The Morgan fingerprint density at radius 2 is 2.22 bits per heavy atom. The number of carboxylic acids is 1. The predicted molar refractivity (Wildman–Crippen MR) is 38.1 cm³/mol. The monoisotopic (exact) mass is 160 g/mol. The van der Waals surface area contributed by atoms with Crippen LogP contribution in [0.1, 0.15) is 0 Å². The van der Waals surface area contributed by atoms with E-state index in [-0.39, 0.29) is 44.3 Å². The maximum atomic E-state index is 9.77. The van der Waals surface area contributed by atoms with Gasteiger partial charge in [-0.3, -0.25) is 4.79 Å². The van der Waals surface area contributed by atoms with E-state index in [1.807, 2.05) is 0 Å².